The third kappa shape index (κ3) is 4.84. The third-order valence-electron chi connectivity index (χ3n) is 6.81. The van der Waals surface area contributed by atoms with Crippen molar-refractivity contribution < 1.29 is 23.1 Å². The predicted molar refractivity (Wildman–Crippen MR) is 138 cm³/mol. The van der Waals surface area contributed by atoms with Gasteiger partial charge in [0.2, 0.25) is 0 Å². The standard InChI is InChI=1S/C25H28ClN5O5S/c1-16(2)23-27-13-20-14-30(25(34)31(20)23)29-9-7-28(8-10-29)24(33)22(32)15-37(35,36)21-6-4-17-11-19(26)5-3-18(17)12-21/h3-6,11-13,16,22,32H,7-10,14-15H2,1-2H3/t22-/m1/s1. The van der Waals surface area contributed by atoms with Gasteiger partial charge in [0.1, 0.15) is 11.9 Å². The van der Waals surface area contributed by atoms with Crippen LogP contribution >= 0.6 is 11.6 Å². The number of fused-ring (bicyclic) bond motifs is 2. The summed E-state index contributed by atoms with van der Waals surface area (Å²) in [6.07, 6.45) is 0.0282. The number of carbonyl (C=O) groups is 2. The average molecular weight is 546 g/mol. The number of aliphatic hydroxyl groups is 1. The van der Waals surface area contributed by atoms with Gasteiger partial charge in [-0.25, -0.2) is 27.8 Å². The molecule has 0 unspecified atom stereocenters. The van der Waals surface area contributed by atoms with Gasteiger partial charge in [0, 0.05) is 37.1 Å². The maximum absolute atomic E-state index is 13.0. The van der Waals surface area contributed by atoms with E-state index in [0.29, 0.717) is 30.0 Å². The highest BCUT2D eigenvalue weighted by atomic mass is 35.5. The molecule has 1 aromatic heterocycles. The number of carbonyl (C=O) groups excluding carboxylic acids is 2. The van der Waals surface area contributed by atoms with Crippen LogP contribution in [-0.2, 0) is 21.2 Å². The molecule has 0 aliphatic carbocycles. The second kappa shape index (κ2) is 9.71. The van der Waals surface area contributed by atoms with Gasteiger partial charge >= 0.3 is 6.03 Å². The van der Waals surface area contributed by atoms with Gasteiger partial charge in [0.25, 0.3) is 5.91 Å². The van der Waals surface area contributed by atoms with Crippen LogP contribution in [0, 0.1) is 0 Å². The van der Waals surface area contributed by atoms with Crippen molar-refractivity contribution in [3.63, 3.8) is 0 Å². The van der Waals surface area contributed by atoms with Crippen molar-refractivity contribution in [2.75, 3.05) is 31.9 Å². The Hall–Kier alpha value is -2.99. The molecular formula is C25H28ClN5O5S. The molecule has 1 N–H and O–H groups in total. The number of sulfone groups is 1. The lowest BCUT2D eigenvalue weighted by Gasteiger charge is -2.39. The SMILES string of the molecule is CC(C)c1ncc2n1C(=O)N(N1CCN(C(=O)[C@H](O)CS(=O)(=O)c3ccc4cc(Cl)ccc4c3)CC1)C2. The molecule has 0 bridgehead atoms. The molecule has 37 heavy (non-hydrogen) atoms. The lowest BCUT2D eigenvalue weighted by atomic mass is 10.1. The van der Waals surface area contributed by atoms with E-state index < -0.39 is 27.6 Å². The maximum atomic E-state index is 13.0. The number of imidazole rings is 1. The molecule has 5 rings (SSSR count). The van der Waals surface area contributed by atoms with Gasteiger partial charge in [-0.1, -0.05) is 37.6 Å². The number of hydrogen-bond donors (Lipinski definition) is 1. The minimum atomic E-state index is -3.91. The van der Waals surface area contributed by atoms with Gasteiger partial charge in [-0.05, 0) is 35.0 Å². The summed E-state index contributed by atoms with van der Waals surface area (Å²) in [5, 5.41) is 16.1. The Morgan fingerprint density at radius 1 is 1.08 bits per heavy atom. The van der Waals surface area contributed by atoms with Crippen LogP contribution in [-0.4, -0.2) is 88.0 Å². The summed E-state index contributed by atoms with van der Waals surface area (Å²) in [5.41, 5.74) is 0.824. The van der Waals surface area contributed by atoms with Crippen molar-refractivity contribution >= 4 is 44.1 Å². The predicted octanol–water partition coefficient (Wildman–Crippen LogP) is 2.49. The number of rotatable bonds is 6. The van der Waals surface area contributed by atoms with Gasteiger partial charge < -0.3 is 10.0 Å². The number of nitrogens with zero attached hydrogens (tertiary/aromatic N) is 5. The monoisotopic (exact) mass is 545 g/mol. The normalized spacial score (nSPS) is 17.6. The molecule has 2 aromatic carbocycles. The van der Waals surface area contributed by atoms with E-state index in [-0.39, 0.29) is 29.9 Å². The Labute approximate surface area is 219 Å². The van der Waals surface area contributed by atoms with Crippen molar-refractivity contribution in [2.45, 2.75) is 37.3 Å². The minimum absolute atomic E-state index is 0.0331. The Morgan fingerprint density at radius 3 is 2.46 bits per heavy atom. The van der Waals surface area contributed by atoms with Crippen molar-refractivity contribution in [3.8, 4) is 0 Å². The number of halogens is 1. The Kier molecular flexibility index (Phi) is 6.73. The van der Waals surface area contributed by atoms with Crippen LogP contribution in [0.4, 0.5) is 4.79 Å². The first kappa shape index (κ1) is 25.7. The summed E-state index contributed by atoms with van der Waals surface area (Å²) >= 11 is 5.99. The lowest BCUT2D eigenvalue weighted by Crippen LogP contribution is -2.57. The van der Waals surface area contributed by atoms with E-state index in [9.17, 15) is 23.1 Å². The van der Waals surface area contributed by atoms with Gasteiger partial charge in [0.05, 0.1) is 29.1 Å². The fourth-order valence-corrected chi connectivity index (χ4v) is 6.35. The van der Waals surface area contributed by atoms with Crippen molar-refractivity contribution in [3.05, 3.63) is 59.1 Å². The summed E-state index contributed by atoms with van der Waals surface area (Å²) < 4.78 is 27.5. The zero-order chi connectivity index (χ0) is 26.5. The van der Waals surface area contributed by atoms with E-state index in [1.165, 1.54) is 17.0 Å². The van der Waals surface area contributed by atoms with Crippen LogP contribution < -0.4 is 0 Å². The molecule has 3 aromatic rings. The van der Waals surface area contributed by atoms with Crippen molar-refractivity contribution in [1.29, 1.82) is 0 Å². The van der Waals surface area contributed by atoms with Gasteiger partial charge in [-0.3, -0.25) is 9.80 Å². The molecule has 0 radical (unpaired) electrons. The fourth-order valence-electron chi connectivity index (χ4n) is 4.83. The third-order valence-corrected chi connectivity index (χ3v) is 8.77. The Balaban J connectivity index is 1.20. The molecule has 1 fully saturated rings. The highest BCUT2D eigenvalue weighted by molar-refractivity contribution is 7.91. The highest BCUT2D eigenvalue weighted by Crippen LogP contribution is 2.26. The van der Waals surface area contributed by atoms with E-state index >= 15 is 0 Å². The molecular weight excluding hydrogens is 518 g/mol. The van der Waals surface area contributed by atoms with E-state index in [1.54, 1.807) is 40.0 Å². The Bertz CT molecular complexity index is 1480. The number of hydrogen-bond acceptors (Lipinski definition) is 7. The molecule has 2 aliphatic heterocycles. The fraction of sp³-hybridized carbons (Fsp3) is 0.400. The molecule has 0 saturated carbocycles. The number of benzene rings is 2. The molecule has 1 saturated heterocycles. The molecule has 3 heterocycles. The largest absolute Gasteiger partial charge is 0.382 e. The number of aromatic nitrogens is 2. The average Bonchev–Trinajstić information content (AvgIpc) is 3.43. The minimum Gasteiger partial charge on any atom is -0.382 e. The highest BCUT2D eigenvalue weighted by Gasteiger charge is 2.37. The van der Waals surface area contributed by atoms with Crippen LogP contribution in [0.25, 0.3) is 10.8 Å². The van der Waals surface area contributed by atoms with E-state index in [1.807, 2.05) is 18.9 Å². The van der Waals surface area contributed by atoms with Crippen LogP contribution in [0.5, 0.6) is 0 Å². The van der Waals surface area contributed by atoms with Crippen molar-refractivity contribution in [2.24, 2.45) is 0 Å². The summed E-state index contributed by atoms with van der Waals surface area (Å²) in [6.45, 7) is 5.68. The molecule has 10 nitrogen and oxygen atoms in total. The van der Waals surface area contributed by atoms with Gasteiger partial charge in [-0.15, -0.1) is 0 Å². The van der Waals surface area contributed by atoms with E-state index in [0.717, 1.165) is 16.9 Å². The smallest absolute Gasteiger partial charge is 0.344 e. The number of aliphatic hydroxyl groups excluding tert-OH is 1. The second-order valence-corrected chi connectivity index (χ2v) is 12.1. The summed E-state index contributed by atoms with van der Waals surface area (Å²) in [7, 11) is -3.91. The summed E-state index contributed by atoms with van der Waals surface area (Å²) in [5.74, 6) is -0.522. The quantitative estimate of drug-likeness (QED) is 0.506. The molecule has 196 valence electrons. The first-order valence-corrected chi connectivity index (χ1v) is 14.1. The molecule has 1 atom stereocenters. The summed E-state index contributed by atoms with van der Waals surface area (Å²) in [6, 6.07) is 9.58. The number of hydrazine groups is 1. The zero-order valence-electron chi connectivity index (χ0n) is 20.5. The van der Waals surface area contributed by atoms with Crippen LogP contribution in [0.3, 0.4) is 0 Å². The zero-order valence-corrected chi connectivity index (χ0v) is 22.1. The first-order valence-electron chi connectivity index (χ1n) is 12.1. The van der Waals surface area contributed by atoms with Crippen LogP contribution in [0.15, 0.2) is 47.5 Å². The molecule has 12 heteroatoms. The van der Waals surface area contributed by atoms with Crippen LogP contribution in [0.1, 0.15) is 31.3 Å². The topological polar surface area (TPSA) is 116 Å². The second-order valence-electron chi connectivity index (χ2n) is 9.67. The lowest BCUT2D eigenvalue weighted by molar-refractivity contribution is -0.143. The number of amides is 2. The van der Waals surface area contributed by atoms with Crippen molar-refractivity contribution in [1.82, 2.24) is 24.5 Å². The molecule has 2 amide bonds. The summed E-state index contributed by atoms with van der Waals surface area (Å²) in [4.78, 5) is 31.7. The van der Waals surface area contributed by atoms with E-state index in [2.05, 4.69) is 4.98 Å². The number of piperazine rings is 1. The molecule has 2 aliphatic rings. The van der Waals surface area contributed by atoms with E-state index in [4.69, 9.17) is 11.6 Å². The van der Waals surface area contributed by atoms with Gasteiger partial charge in [0.15, 0.2) is 9.84 Å². The first-order chi connectivity index (χ1) is 17.5. The molecule has 0 spiro atoms. The van der Waals surface area contributed by atoms with Gasteiger partial charge in [-0.2, -0.15) is 0 Å². The Morgan fingerprint density at radius 2 is 1.76 bits per heavy atom. The van der Waals surface area contributed by atoms with Crippen LogP contribution in [0.2, 0.25) is 5.02 Å². The maximum Gasteiger partial charge on any atom is 0.344 e.